The van der Waals surface area contributed by atoms with Gasteiger partial charge in [-0.2, -0.15) is 5.26 Å². The molecule has 0 N–H and O–H groups in total. The van der Waals surface area contributed by atoms with Gasteiger partial charge in [-0.25, -0.2) is 13.4 Å². The fourth-order valence-electron chi connectivity index (χ4n) is 2.94. The number of fused-ring (bicyclic) bond motifs is 1. The summed E-state index contributed by atoms with van der Waals surface area (Å²) in [7, 11) is -3.81. The van der Waals surface area contributed by atoms with Gasteiger partial charge < -0.3 is 0 Å². The number of hydrogen-bond acceptors (Lipinski definition) is 4. The Morgan fingerprint density at radius 1 is 0.815 bits per heavy atom. The zero-order valence-electron chi connectivity index (χ0n) is 14.2. The summed E-state index contributed by atoms with van der Waals surface area (Å²) in [5, 5.41) is 9.70. The predicted molar refractivity (Wildman–Crippen MR) is 104 cm³/mol. The molecule has 1 heterocycles. The average Bonchev–Trinajstić information content (AvgIpc) is 2.73. The topological polar surface area (TPSA) is 70.8 Å². The standard InChI is InChI=1S/C22H14N2O2S/c23-15-16-10-12-19(13-11-16)27(25,26)21-14-18-8-4-5-9-20(18)24-22(21)17-6-2-1-3-7-17/h1-14H. The van der Waals surface area contributed by atoms with Crippen LogP contribution in [-0.4, -0.2) is 13.4 Å². The third-order valence-corrected chi connectivity index (χ3v) is 6.10. The van der Waals surface area contributed by atoms with Crippen molar-refractivity contribution in [2.24, 2.45) is 0 Å². The van der Waals surface area contributed by atoms with E-state index in [2.05, 4.69) is 4.98 Å². The van der Waals surface area contributed by atoms with Crippen molar-refractivity contribution >= 4 is 20.7 Å². The minimum atomic E-state index is -3.81. The molecule has 0 aliphatic heterocycles. The van der Waals surface area contributed by atoms with E-state index in [0.717, 1.165) is 16.5 Å². The first kappa shape index (κ1) is 17.0. The van der Waals surface area contributed by atoms with E-state index in [4.69, 9.17) is 5.26 Å². The molecule has 0 fully saturated rings. The van der Waals surface area contributed by atoms with Crippen molar-refractivity contribution in [1.29, 1.82) is 5.26 Å². The van der Waals surface area contributed by atoms with Crippen molar-refractivity contribution in [3.8, 4) is 17.3 Å². The molecule has 0 amide bonds. The van der Waals surface area contributed by atoms with Gasteiger partial charge in [0.1, 0.15) is 0 Å². The number of sulfone groups is 1. The molecule has 4 aromatic rings. The van der Waals surface area contributed by atoms with E-state index in [-0.39, 0.29) is 9.79 Å². The number of benzene rings is 3. The van der Waals surface area contributed by atoms with Crippen molar-refractivity contribution in [1.82, 2.24) is 4.98 Å². The predicted octanol–water partition coefficient (Wildman–Crippen LogP) is 4.61. The molecule has 3 aromatic carbocycles. The van der Waals surface area contributed by atoms with Crippen LogP contribution in [0.4, 0.5) is 0 Å². The molecule has 0 spiro atoms. The van der Waals surface area contributed by atoms with Crippen molar-refractivity contribution in [2.45, 2.75) is 9.79 Å². The van der Waals surface area contributed by atoms with Gasteiger partial charge in [-0.05, 0) is 36.4 Å². The first-order valence-corrected chi connectivity index (χ1v) is 9.78. The molecule has 0 aliphatic rings. The first-order valence-electron chi connectivity index (χ1n) is 8.30. The lowest BCUT2D eigenvalue weighted by atomic mass is 10.1. The second-order valence-corrected chi connectivity index (χ2v) is 7.95. The van der Waals surface area contributed by atoms with Gasteiger partial charge >= 0.3 is 0 Å². The minimum absolute atomic E-state index is 0.135. The molecule has 5 heteroatoms. The summed E-state index contributed by atoms with van der Waals surface area (Å²) in [6.07, 6.45) is 0. The van der Waals surface area contributed by atoms with Crippen LogP contribution in [0.3, 0.4) is 0 Å². The second-order valence-electron chi connectivity index (χ2n) is 6.03. The Morgan fingerprint density at radius 3 is 2.19 bits per heavy atom. The van der Waals surface area contributed by atoms with E-state index in [9.17, 15) is 8.42 Å². The van der Waals surface area contributed by atoms with Gasteiger partial charge in [0.05, 0.1) is 32.6 Å². The van der Waals surface area contributed by atoms with Gasteiger partial charge in [0, 0.05) is 10.9 Å². The van der Waals surface area contributed by atoms with Gasteiger partial charge in [-0.3, -0.25) is 0 Å². The number of nitrogens with zero attached hydrogens (tertiary/aromatic N) is 2. The number of nitriles is 1. The minimum Gasteiger partial charge on any atom is -0.246 e. The van der Waals surface area contributed by atoms with E-state index in [1.54, 1.807) is 6.07 Å². The summed E-state index contributed by atoms with van der Waals surface area (Å²) >= 11 is 0. The Hall–Kier alpha value is -3.49. The molecule has 27 heavy (non-hydrogen) atoms. The van der Waals surface area contributed by atoms with Crippen LogP contribution in [0.2, 0.25) is 0 Å². The summed E-state index contributed by atoms with van der Waals surface area (Å²) in [6.45, 7) is 0. The average molecular weight is 370 g/mol. The highest BCUT2D eigenvalue weighted by Crippen LogP contribution is 2.32. The van der Waals surface area contributed by atoms with E-state index in [1.165, 1.54) is 24.3 Å². The highest BCUT2D eigenvalue weighted by molar-refractivity contribution is 7.91. The molecule has 0 saturated carbocycles. The molecule has 4 rings (SSSR count). The third-order valence-electron chi connectivity index (χ3n) is 4.32. The highest BCUT2D eigenvalue weighted by atomic mass is 32.2. The summed E-state index contributed by atoms with van der Waals surface area (Å²) in [4.78, 5) is 4.92. The van der Waals surface area contributed by atoms with Crippen LogP contribution in [0.1, 0.15) is 5.56 Å². The summed E-state index contributed by atoms with van der Waals surface area (Å²) in [5.74, 6) is 0. The monoisotopic (exact) mass is 370 g/mol. The van der Waals surface area contributed by atoms with Crippen LogP contribution in [0.25, 0.3) is 22.2 Å². The fourth-order valence-corrected chi connectivity index (χ4v) is 4.39. The number of pyridine rings is 1. The summed E-state index contributed by atoms with van der Waals surface area (Å²) in [5.41, 5.74) is 2.29. The maximum atomic E-state index is 13.3. The molecule has 0 atom stereocenters. The lowest BCUT2D eigenvalue weighted by Crippen LogP contribution is -2.06. The normalized spacial score (nSPS) is 11.2. The zero-order valence-corrected chi connectivity index (χ0v) is 15.0. The maximum absolute atomic E-state index is 13.3. The third kappa shape index (κ3) is 3.07. The van der Waals surface area contributed by atoms with Gasteiger partial charge in [0.15, 0.2) is 0 Å². The van der Waals surface area contributed by atoms with Crippen molar-refractivity contribution in [3.05, 3.63) is 90.5 Å². The molecule has 0 radical (unpaired) electrons. The van der Waals surface area contributed by atoms with Crippen LogP contribution in [0.15, 0.2) is 94.7 Å². The first-order chi connectivity index (χ1) is 13.1. The molecular weight excluding hydrogens is 356 g/mol. The molecule has 4 nitrogen and oxygen atoms in total. The zero-order chi connectivity index (χ0) is 18.9. The number of aromatic nitrogens is 1. The van der Waals surface area contributed by atoms with Gasteiger partial charge in [0.2, 0.25) is 9.84 Å². The van der Waals surface area contributed by atoms with Crippen molar-refractivity contribution in [3.63, 3.8) is 0 Å². The smallest absolute Gasteiger partial charge is 0.208 e. The largest absolute Gasteiger partial charge is 0.246 e. The van der Waals surface area contributed by atoms with E-state index in [0.29, 0.717) is 11.3 Å². The molecule has 130 valence electrons. The Balaban J connectivity index is 2.00. The number of rotatable bonds is 3. The number of para-hydroxylation sites is 1. The van der Waals surface area contributed by atoms with Crippen molar-refractivity contribution < 1.29 is 8.42 Å². The molecule has 0 saturated heterocycles. The van der Waals surface area contributed by atoms with Crippen LogP contribution in [-0.2, 0) is 9.84 Å². The molecule has 0 bridgehead atoms. The summed E-state index contributed by atoms with van der Waals surface area (Å²) in [6, 6.07) is 26.3. The Labute approximate surface area is 157 Å². The second kappa shape index (κ2) is 6.67. The Morgan fingerprint density at radius 2 is 1.48 bits per heavy atom. The van der Waals surface area contributed by atoms with Crippen molar-refractivity contribution in [2.75, 3.05) is 0 Å². The highest BCUT2D eigenvalue weighted by Gasteiger charge is 2.24. The molecular formula is C22H14N2O2S. The number of hydrogen-bond donors (Lipinski definition) is 0. The van der Waals surface area contributed by atoms with E-state index >= 15 is 0 Å². The van der Waals surface area contributed by atoms with Crippen LogP contribution >= 0.6 is 0 Å². The fraction of sp³-hybridized carbons (Fsp3) is 0. The lowest BCUT2D eigenvalue weighted by molar-refractivity contribution is 0.596. The SMILES string of the molecule is N#Cc1ccc(S(=O)(=O)c2cc3ccccc3nc2-c2ccccc2)cc1. The lowest BCUT2D eigenvalue weighted by Gasteiger charge is -2.12. The molecule has 0 aliphatic carbocycles. The Bertz CT molecular complexity index is 1270. The van der Waals surface area contributed by atoms with Gasteiger partial charge in [0.25, 0.3) is 0 Å². The van der Waals surface area contributed by atoms with Gasteiger partial charge in [-0.1, -0.05) is 48.5 Å². The van der Waals surface area contributed by atoms with Gasteiger partial charge in [-0.15, -0.1) is 0 Å². The van der Waals surface area contributed by atoms with E-state index < -0.39 is 9.84 Å². The van der Waals surface area contributed by atoms with Crippen LogP contribution < -0.4 is 0 Å². The van der Waals surface area contributed by atoms with Crippen LogP contribution in [0, 0.1) is 11.3 Å². The maximum Gasteiger partial charge on any atom is 0.208 e. The summed E-state index contributed by atoms with van der Waals surface area (Å²) < 4.78 is 26.7. The molecule has 0 unspecified atom stereocenters. The Kier molecular flexibility index (Phi) is 4.19. The van der Waals surface area contributed by atoms with E-state index in [1.807, 2.05) is 60.7 Å². The van der Waals surface area contributed by atoms with Crippen LogP contribution in [0.5, 0.6) is 0 Å². The molecule has 1 aromatic heterocycles. The quantitative estimate of drug-likeness (QED) is 0.528.